The van der Waals surface area contributed by atoms with Crippen LogP contribution >= 0.6 is 34.5 Å². The first-order chi connectivity index (χ1) is 14.1. The molecule has 29 heavy (non-hydrogen) atoms. The second-order valence-corrected chi connectivity index (χ2v) is 8.27. The summed E-state index contributed by atoms with van der Waals surface area (Å²) in [7, 11) is 0. The van der Waals surface area contributed by atoms with Gasteiger partial charge in [-0.1, -0.05) is 83.9 Å². The zero-order valence-electron chi connectivity index (χ0n) is 15.2. The topological polar surface area (TPSA) is 42.0 Å². The van der Waals surface area contributed by atoms with E-state index in [1.54, 1.807) is 18.2 Å². The van der Waals surface area contributed by atoms with Gasteiger partial charge in [0, 0.05) is 21.7 Å². The molecule has 0 aliphatic heterocycles. The van der Waals surface area contributed by atoms with Gasteiger partial charge in [0.25, 0.3) is 0 Å². The summed E-state index contributed by atoms with van der Waals surface area (Å²) in [5, 5.41) is 4.63. The van der Waals surface area contributed by atoms with E-state index in [1.165, 1.54) is 11.3 Å². The summed E-state index contributed by atoms with van der Waals surface area (Å²) in [6.45, 7) is 0. The van der Waals surface area contributed by atoms with E-state index in [4.69, 9.17) is 28.2 Å². The zero-order chi connectivity index (χ0) is 20.2. The first-order valence-corrected chi connectivity index (χ1v) is 10.5. The van der Waals surface area contributed by atoms with Gasteiger partial charge in [0.15, 0.2) is 0 Å². The average molecular weight is 439 g/mol. The number of hydrogen-bond donors (Lipinski definition) is 1. The molecule has 6 heteroatoms. The van der Waals surface area contributed by atoms with Gasteiger partial charge in [-0.05, 0) is 18.2 Å². The molecular weight excluding hydrogens is 423 g/mol. The molecule has 1 heterocycles. The number of hydrogen-bond acceptors (Lipinski definition) is 3. The molecule has 0 fully saturated rings. The average Bonchev–Trinajstić information content (AvgIpc) is 3.16. The van der Waals surface area contributed by atoms with Crippen LogP contribution in [0.1, 0.15) is 4.88 Å². The molecular formula is C23H16Cl2N2OS. The maximum absolute atomic E-state index is 12.7. The van der Waals surface area contributed by atoms with Crippen molar-refractivity contribution in [2.45, 2.75) is 6.42 Å². The van der Waals surface area contributed by atoms with Gasteiger partial charge in [0.05, 0.1) is 22.2 Å². The third kappa shape index (κ3) is 4.67. The Bertz CT molecular complexity index is 1140. The molecule has 4 rings (SSSR count). The lowest BCUT2D eigenvalue weighted by Crippen LogP contribution is -2.14. The van der Waals surface area contributed by atoms with Gasteiger partial charge < -0.3 is 5.32 Å². The van der Waals surface area contributed by atoms with E-state index in [9.17, 15) is 4.79 Å². The number of carbonyl (C=O) groups excluding carboxylic acids is 1. The third-order valence-electron chi connectivity index (χ3n) is 4.29. The fourth-order valence-electron chi connectivity index (χ4n) is 2.92. The highest BCUT2D eigenvalue weighted by Gasteiger charge is 2.17. The van der Waals surface area contributed by atoms with E-state index >= 15 is 0 Å². The number of aromatic nitrogens is 1. The first kappa shape index (κ1) is 19.6. The van der Waals surface area contributed by atoms with Crippen molar-refractivity contribution in [3.8, 4) is 21.8 Å². The zero-order valence-corrected chi connectivity index (χ0v) is 17.6. The lowest BCUT2D eigenvalue weighted by atomic mass is 10.1. The Morgan fingerprint density at radius 1 is 0.862 bits per heavy atom. The van der Waals surface area contributed by atoms with Crippen molar-refractivity contribution in [3.63, 3.8) is 0 Å². The summed E-state index contributed by atoms with van der Waals surface area (Å²) in [6.07, 6.45) is 0.217. The number of halogens is 2. The molecule has 3 aromatic carbocycles. The maximum atomic E-state index is 12.7. The Morgan fingerprint density at radius 3 is 2.17 bits per heavy atom. The number of nitrogens with one attached hydrogen (secondary N) is 1. The van der Waals surface area contributed by atoms with Crippen LogP contribution in [-0.4, -0.2) is 10.9 Å². The first-order valence-electron chi connectivity index (χ1n) is 8.95. The number of anilines is 1. The van der Waals surface area contributed by atoms with E-state index in [1.807, 2.05) is 60.7 Å². The van der Waals surface area contributed by atoms with Crippen LogP contribution < -0.4 is 5.32 Å². The number of thiazole rings is 1. The molecule has 0 unspecified atom stereocenters. The summed E-state index contributed by atoms with van der Waals surface area (Å²) in [5.74, 6) is -0.135. The summed E-state index contributed by atoms with van der Waals surface area (Å²) >= 11 is 13.5. The van der Waals surface area contributed by atoms with Crippen LogP contribution in [0.15, 0.2) is 78.9 Å². The summed E-state index contributed by atoms with van der Waals surface area (Å²) in [5.41, 5.74) is 3.46. The number of amides is 1. The smallest absolute Gasteiger partial charge is 0.229 e. The largest absolute Gasteiger partial charge is 0.326 e. The van der Waals surface area contributed by atoms with E-state index in [-0.39, 0.29) is 12.3 Å². The molecule has 144 valence electrons. The van der Waals surface area contributed by atoms with E-state index < -0.39 is 0 Å². The lowest BCUT2D eigenvalue weighted by Gasteiger charge is -2.06. The van der Waals surface area contributed by atoms with E-state index in [0.717, 1.165) is 26.7 Å². The highest BCUT2D eigenvalue weighted by molar-refractivity contribution is 7.15. The predicted molar refractivity (Wildman–Crippen MR) is 122 cm³/mol. The van der Waals surface area contributed by atoms with Crippen molar-refractivity contribution in [3.05, 3.63) is 93.8 Å². The standard InChI is InChI=1S/C23H16Cl2N2OS/c24-18-12-11-17(13-19(18)25)26-21(28)14-20-22(15-7-3-1-4-8-15)27-23(29-20)16-9-5-2-6-10-16/h1-13H,14H2,(H,26,28). The van der Waals surface area contributed by atoms with Gasteiger partial charge in [-0.2, -0.15) is 0 Å². The third-order valence-corrected chi connectivity index (χ3v) is 6.13. The molecule has 0 saturated heterocycles. The van der Waals surface area contributed by atoms with Gasteiger partial charge in [0.1, 0.15) is 5.01 Å². The van der Waals surface area contributed by atoms with Crippen molar-refractivity contribution in [1.82, 2.24) is 4.98 Å². The molecule has 0 aliphatic rings. The molecule has 4 aromatic rings. The van der Waals surface area contributed by atoms with Crippen molar-refractivity contribution in [2.75, 3.05) is 5.32 Å². The van der Waals surface area contributed by atoms with Crippen LogP contribution in [0.3, 0.4) is 0 Å². The molecule has 0 bridgehead atoms. The molecule has 0 aliphatic carbocycles. The molecule has 0 radical (unpaired) electrons. The van der Waals surface area contributed by atoms with Gasteiger partial charge in [-0.3, -0.25) is 4.79 Å². The molecule has 0 saturated carbocycles. The number of rotatable bonds is 5. The SMILES string of the molecule is O=C(Cc1sc(-c2ccccc2)nc1-c1ccccc1)Nc1ccc(Cl)c(Cl)c1. The van der Waals surface area contributed by atoms with Gasteiger partial charge >= 0.3 is 0 Å². The molecule has 3 nitrogen and oxygen atoms in total. The number of nitrogens with zero attached hydrogens (tertiary/aromatic N) is 1. The van der Waals surface area contributed by atoms with Crippen molar-refractivity contribution in [2.24, 2.45) is 0 Å². The van der Waals surface area contributed by atoms with Crippen molar-refractivity contribution in [1.29, 1.82) is 0 Å². The monoisotopic (exact) mass is 438 g/mol. The highest BCUT2D eigenvalue weighted by Crippen LogP contribution is 2.34. The fraction of sp³-hybridized carbons (Fsp3) is 0.0435. The Kier molecular flexibility index (Phi) is 5.95. The Hall–Kier alpha value is -2.66. The van der Waals surface area contributed by atoms with Crippen molar-refractivity contribution < 1.29 is 4.79 Å². The quantitative estimate of drug-likeness (QED) is 0.365. The lowest BCUT2D eigenvalue weighted by molar-refractivity contribution is -0.115. The normalized spacial score (nSPS) is 10.7. The number of benzene rings is 3. The minimum absolute atomic E-state index is 0.135. The molecule has 1 N–H and O–H groups in total. The van der Waals surface area contributed by atoms with Crippen LogP contribution in [-0.2, 0) is 11.2 Å². The summed E-state index contributed by atoms with van der Waals surface area (Å²) < 4.78 is 0. The molecule has 0 atom stereocenters. The Balaban J connectivity index is 1.63. The minimum Gasteiger partial charge on any atom is -0.326 e. The highest BCUT2D eigenvalue weighted by atomic mass is 35.5. The van der Waals surface area contributed by atoms with Crippen LogP contribution in [0.2, 0.25) is 10.0 Å². The second-order valence-electron chi connectivity index (χ2n) is 6.38. The van der Waals surface area contributed by atoms with Crippen LogP contribution in [0.4, 0.5) is 5.69 Å². The fourth-order valence-corrected chi connectivity index (χ4v) is 4.31. The second kappa shape index (κ2) is 8.78. The number of carbonyl (C=O) groups is 1. The van der Waals surface area contributed by atoms with Crippen molar-refractivity contribution >= 4 is 46.1 Å². The minimum atomic E-state index is -0.135. The Labute approximate surface area is 183 Å². The molecule has 1 amide bonds. The maximum Gasteiger partial charge on any atom is 0.229 e. The van der Waals surface area contributed by atoms with Crippen LogP contribution in [0.5, 0.6) is 0 Å². The van der Waals surface area contributed by atoms with E-state index in [2.05, 4.69) is 5.32 Å². The van der Waals surface area contributed by atoms with E-state index in [0.29, 0.717) is 15.7 Å². The van der Waals surface area contributed by atoms with Crippen LogP contribution in [0, 0.1) is 0 Å². The molecule has 1 aromatic heterocycles. The van der Waals surface area contributed by atoms with Gasteiger partial charge in [-0.15, -0.1) is 11.3 Å². The predicted octanol–water partition coefficient (Wildman–Crippen LogP) is 6.97. The molecule has 0 spiro atoms. The van der Waals surface area contributed by atoms with Crippen LogP contribution in [0.25, 0.3) is 21.8 Å². The van der Waals surface area contributed by atoms with Gasteiger partial charge in [0.2, 0.25) is 5.91 Å². The summed E-state index contributed by atoms with van der Waals surface area (Å²) in [6, 6.07) is 24.9. The Morgan fingerprint density at radius 2 is 1.52 bits per heavy atom. The van der Waals surface area contributed by atoms with Gasteiger partial charge in [-0.25, -0.2) is 4.98 Å². The summed E-state index contributed by atoms with van der Waals surface area (Å²) in [4.78, 5) is 18.4.